The van der Waals surface area contributed by atoms with E-state index in [0.29, 0.717) is 0 Å². The minimum absolute atomic E-state index is 0.0274. The fourth-order valence-corrected chi connectivity index (χ4v) is 4.52. The molecule has 2 aromatic carbocycles. The molecule has 0 N–H and O–H groups in total. The Morgan fingerprint density at radius 2 is 1.52 bits per heavy atom. The van der Waals surface area contributed by atoms with E-state index in [1.165, 1.54) is 12.1 Å². The molecule has 1 atom stereocenters. The van der Waals surface area contributed by atoms with Crippen LogP contribution in [0.4, 0.5) is 0 Å². The highest BCUT2D eigenvalue weighted by atomic mass is 32.2. The number of sulfone groups is 1. The number of benzene rings is 2. The maximum atomic E-state index is 12.3. The van der Waals surface area contributed by atoms with Crippen LogP contribution in [-0.4, -0.2) is 24.5 Å². The van der Waals surface area contributed by atoms with E-state index in [0.717, 1.165) is 16.7 Å². The van der Waals surface area contributed by atoms with Crippen molar-refractivity contribution < 1.29 is 13.3 Å². The van der Waals surface area contributed by atoms with Crippen LogP contribution in [-0.2, 0) is 9.84 Å². The molecule has 0 aliphatic carbocycles. The second-order valence-electron chi connectivity index (χ2n) is 4.22. The molecule has 0 aliphatic rings. The number of hydrogen-bond donors (Lipinski definition) is 0. The molecule has 0 heterocycles. The van der Waals surface area contributed by atoms with Crippen LogP contribution >= 0.6 is 11.8 Å². The third kappa shape index (κ3) is 3.83. The summed E-state index contributed by atoms with van der Waals surface area (Å²) in [5.74, 6) is -0.131. The Hall–Kier alpha value is -1.86. The molecule has 0 spiro atoms. The maximum absolute atomic E-state index is 12.3. The molecule has 21 heavy (non-hydrogen) atoms. The monoisotopic (exact) mass is 323 g/mol. The first-order valence-electron chi connectivity index (χ1n) is 6.12. The number of nitro groups is 1. The van der Waals surface area contributed by atoms with Gasteiger partial charge in [0.05, 0.1) is 10.6 Å². The van der Waals surface area contributed by atoms with Crippen molar-refractivity contribution in [2.45, 2.75) is 15.2 Å². The van der Waals surface area contributed by atoms with Gasteiger partial charge in [-0.1, -0.05) is 36.4 Å². The first kappa shape index (κ1) is 15.5. The normalized spacial score (nSPS) is 12.8. The second kappa shape index (κ2) is 6.73. The minimum atomic E-state index is -3.99. The quantitative estimate of drug-likeness (QED) is 0.464. The molecule has 0 saturated carbocycles. The van der Waals surface area contributed by atoms with Crippen LogP contribution in [0, 0.1) is 10.1 Å². The molecule has 1 unspecified atom stereocenters. The first-order valence-corrected chi connectivity index (χ1v) is 8.65. The second-order valence-corrected chi connectivity index (χ2v) is 7.42. The molecule has 110 valence electrons. The van der Waals surface area contributed by atoms with Gasteiger partial charge in [0.1, 0.15) is 0 Å². The van der Waals surface area contributed by atoms with E-state index in [2.05, 4.69) is 0 Å². The summed E-state index contributed by atoms with van der Waals surface area (Å²) in [5, 5.41) is 9.49. The zero-order valence-electron chi connectivity index (χ0n) is 11.0. The number of nitrogens with zero attached hydrogens (tertiary/aromatic N) is 1. The van der Waals surface area contributed by atoms with E-state index in [1.54, 1.807) is 42.5 Å². The molecule has 0 aromatic heterocycles. The van der Waals surface area contributed by atoms with Gasteiger partial charge in [0, 0.05) is 9.82 Å². The summed E-state index contributed by atoms with van der Waals surface area (Å²) in [7, 11) is -3.99. The lowest BCUT2D eigenvalue weighted by Crippen LogP contribution is -2.32. The van der Waals surface area contributed by atoms with Crippen LogP contribution in [0.25, 0.3) is 0 Å². The van der Waals surface area contributed by atoms with Gasteiger partial charge in [-0.15, -0.1) is 11.8 Å². The Bertz CT molecular complexity index is 702. The lowest BCUT2D eigenvalue weighted by atomic mass is 10.4. The van der Waals surface area contributed by atoms with Gasteiger partial charge in [0.2, 0.25) is 9.84 Å². The summed E-state index contributed by atoms with van der Waals surface area (Å²) in [4.78, 5) is 11.2. The van der Waals surface area contributed by atoms with Crippen LogP contribution in [0.3, 0.4) is 0 Å². The van der Waals surface area contributed by atoms with Crippen LogP contribution in [0.15, 0.2) is 70.5 Å². The average Bonchev–Trinajstić information content (AvgIpc) is 2.49. The van der Waals surface area contributed by atoms with Gasteiger partial charge in [0.15, 0.2) is 0 Å². The highest BCUT2D eigenvalue weighted by Crippen LogP contribution is 2.24. The fourth-order valence-electron chi connectivity index (χ4n) is 1.72. The van der Waals surface area contributed by atoms with Crippen LogP contribution < -0.4 is 0 Å². The minimum Gasteiger partial charge on any atom is -0.263 e. The predicted octanol–water partition coefficient (Wildman–Crippen LogP) is 2.86. The molecule has 0 radical (unpaired) electrons. The van der Waals surface area contributed by atoms with Crippen molar-refractivity contribution in [1.82, 2.24) is 0 Å². The van der Waals surface area contributed by atoms with Crippen molar-refractivity contribution in [2.75, 3.05) is 5.75 Å². The van der Waals surface area contributed by atoms with Gasteiger partial charge in [-0.2, -0.15) is 0 Å². The zero-order valence-corrected chi connectivity index (χ0v) is 12.6. The Balaban J connectivity index is 2.21. The van der Waals surface area contributed by atoms with Crippen molar-refractivity contribution in [3.63, 3.8) is 0 Å². The van der Waals surface area contributed by atoms with Gasteiger partial charge in [-0.05, 0) is 24.3 Å². The topological polar surface area (TPSA) is 77.3 Å². The first-order chi connectivity index (χ1) is 10.0. The summed E-state index contributed by atoms with van der Waals surface area (Å²) < 4.78 is 24.7. The molecule has 0 fully saturated rings. The van der Waals surface area contributed by atoms with E-state index >= 15 is 0 Å². The summed E-state index contributed by atoms with van der Waals surface area (Å²) in [5.41, 5.74) is 0. The molecule has 0 saturated heterocycles. The summed E-state index contributed by atoms with van der Waals surface area (Å²) in [6.45, 7) is 0. The predicted molar refractivity (Wildman–Crippen MR) is 81.6 cm³/mol. The standard InChI is InChI=1S/C14H13NO4S2/c16-15(17)14(11-20-12-7-3-1-4-8-12)21(18,19)13-9-5-2-6-10-13/h1-10,14H,11H2. The van der Waals surface area contributed by atoms with Gasteiger partial charge in [-0.25, -0.2) is 8.42 Å². The largest absolute Gasteiger partial charge is 0.323 e. The molecule has 0 amide bonds. The Labute approximate surface area is 127 Å². The van der Waals surface area contributed by atoms with Crippen molar-refractivity contribution in [1.29, 1.82) is 0 Å². The van der Waals surface area contributed by atoms with E-state index in [4.69, 9.17) is 0 Å². The lowest BCUT2D eigenvalue weighted by Gasteiger charge is -2.10. The van der Waals surface area contributed by atoms with Gasteiger partial charge in [-0.3, -0.25) is 10.1 Å². The third-order valence-electron chi connectivity index (χ3n) is 2.80. The van der Waals surface area contributed by atoms with E-state index < -0.39 is 20.1 Å². The molecule has 2 rings (SSSR count). The molecular formula is C14H13NO4S2. The van der Waals surface area contributed by atoms with Crippen molar-refractivity contribution in [3.05, 3.63) is 70.8 Å². The molecule has 2 aromatic rings. The molecule has 5 nitrogen and oxygen atoms in total. The summed E-state index contributed by atoms with van der Waals surface area (Å²) >= 11 is 1.16. The highest BCUT2D eigenvalue weighted by molar-refractivity contribution is 8.00. The van der Waals surface area contributed by atoms with E-state index in [1.807, 2.05) is 6.07 Å². The zero-order chi connectivity index (χ0) is 15.3. The van der Waals surface area contributed by atoms with E-state index in [-0.39, 0.29) is 10.6 Å². The maximum Gasteiger partial charge on any atom is 0.323 e. The van der Waals surface area contributed by atoms with Crippen LogP contribution in [0.1, 0.15) is 0 Å². The summed E-state index contributed by atoms with van der Waals surface area (Å²) in [6, 6.07) is 16.5. The van der Waals surface area contributed by atoms with Gasteiger partial charge >= 0.3 is 5.37 Å². The van der Waals surface area contributed by atoms with Gasteiger partial charge in [0.25, 0.3) is 0 Å². The summed E-state index contributed by atoms with van der Waals surface area (Å²) in [6.07, 6.45) is 0. The third-order valence-corrected chi connectivity index (χ3v) is 6.08. The molecule has 0 bridgehead atoms. The SMILES string of the molecule is O=[N+]([O-])C(CSc1ccccc1)S(=O)(=O)c1ccccc1. The van der Waals surface area contributed by atoms with Gasteiger partial charge < -0.3 is 0 Å². The van der Waals surface area contributed by atoms with Crippen LogP contribution in [0.5, 0.6) is 0 Å². The fraction of sp³-hybridized carbons (Fsp3) is 0.143. The Kier molecular flexibility index (Phi) is 4.98. The number of thioether (sulfide) groups is 1. The molecule has 7 heteroatoms. The van der Waals surface area contributed by atoms with Crippen molar-refractivity contribution >= 4 is 21.6 Å². The van der Waals surface area contributed by atoms with Crippen molar-refractivity contribution in [2.24, 2.45) is 0 Å². The number of rotatable bonds is 6. The number of hydrogen-bond acceptors (Lipinski definition) is 5. The smallest absolute Gasteiger partial charge is 0.263 e. The average molecular weight is 323 g/mol. The highest BCUT2D eigenvalue weighted by Gasteiger charge is 2.37. The van der Waals surface area contributed by atoms with E-state index in [9.17, 15) is 18.5 Å². The molecule has 0 aliphatic heterocycles. The van der Waals surface area contributed by atoms with Crippen molar-refractivity contribution in [3.8, 4) is 0 Å². The Morgan fingerprint density at radius 3 is 2.05 bits per heavy atom. The van der Waals surface area contributed by atoms with Crippen LogP contribution in [0.2, 0.25) is 0 Å². The lowest BCUT2D eigenvalue weighted by molar-refractivity contribution is -0.491. The Morgan fingerprint density at radius 1 is 1.00 bits per heavy atom. The molecular weight excluding hydrogens is 310 g/mol.